The Labute approximate surface area is 141 Å². The van der Waals surface area contributed by atoms with Crippen molar-refractivity contribution in [2.45, 2.75) is 6.92 Å². The van der Waals surface area contributed by atoms with Gasteiger partial charge in [-0.2, -0.15) is 5.10 Å². The van der Waals surface area contributed by atoms with E-state index in [4.69, 9.17) is 23.2 Å². The highest BCUT2D eigenvalue weighted by Gasteiger charge is 2.12. The SMILES string of the molecule is Cc1ccc(C(=O)N/N=C/c2ccc(Cl)c([N+](=O)[O-])c2)c(Cl)c1. The molecule has 0 aliphatic carbocycles. The van der Waals surface area contributed by atoms with Crippen molar-refractivity contribution in [3.63, 3.8) is 0 Å². The highest BCUT2D eigenvalue weighted by molar-refractivity contribution is 6.34. The van der Waals surface area contributed by atoms with E-state index in [9.17, 15) is 14.9 Å². The van der Waals surface area contributed by atoms with E-state index in [0.29, 0.717) is 10.6 Å². The third kappa shape index (κ3) is 4.28. The van der Waals surface area contributed by atoms with Crippen LogP contribution in [0.1, 0.15) is 21.5 Å². The van der Waals surface area contributed by atoms with Gasteiger partial charge >= 0.3 is 0 Å². The number of nitrogens with one attached hydrogen (secondary N) is 1. The Morgan fingerprint density at radius 2 is 1.96 bits per heavy atom. The monoisotopic (exact) mass is 351 g/mol. The minimum absolute atomic E-state index is 0.0302. The maximum absolute atomic E-state index is 12.0. The van der Waals surface area contributed by atoms with Gasteiger partial charge in [0.05, 0.1) is 21.7 Å². The quantitative estimate of drug-likeness (QED) is 0.513. The van der Waals surface area contributed by atoms with Crippen molar-refractivity contribution >= 4 is 41.0 Å². The number of aryl methyl sites for hydroxylation is 1. The fourth-order valence-corrected chi connectivity index (χ4v) is 2.29. The second-order valence-electron chi connectivity index (χ2n) is 4.65. The number of carbonyl (C=O) groups is 1. The van der Waals surface area contributed by atoms with Gasteiger partial charge in [0.15, 0.2) is 0 Å². The molecule has 0 unspecified atom stereocenters. The lowest BCUT2D eigenvalue weighted by atomic mass is 10.1. The van der Waals surface area contributed by atoms with Gasteiger partial charge in [0.25, 0.3) is 11.6 Å². The van der Waals surface area contributed by atoms with Crippen molar-refractivity contribution in [3.05, 3.63) is 73.2 Å². The number of nitro groups is 1. The summed E-state index contributed by atoms with van der Waals surface area (Å²) >= 11 is 11.7. The molecule has 1 N–H and O–H groups in total. The van der Waals surface area contributed by atoms with Gasteiger partial charge in [-0.25, -0.2) is 5.43 Å². The van der Waals surface area contributed by atoms with E-state index in [2.05, 4.69) is 10.5 Å². The fraction of sp³-hybridized carbons (Fsp3) is 0.0667. The van der Waals surface area contributed by atoms with Gasteiger partial charge in [-0.3, -0.25) is 14.9 Å². The maximum Gasteiger partial charge on any atom is 0.288 e. The molecular weight excluding hydrogens is 341 g/mol. The lowest BCUT2D eigenvalue weighted by Gasteiger charge is -2.03. The predicted octanol–water partition coefficient (Wildman–Crippen LogP) is 3.97. The predicted molar refractivity (Wildman–Crippen MR) is 89.4 cm³/mol. The number of amides is 1. The lowest BCUT2D eigenvalue weighted by molar-refractivity contribution is -0.384. The van der Waals surface area contributed by atoms with Crippen molar-refractivity contribution in [1.29, 1.82) is 0 Å². The minimum Gasteiger partial charge on any atom is -0.267 e. The van der Waals surface area contributed by atoms with E-state index >= 15 is 0 Å². The molecule has 0 radical (unpaired) electrons. The van der Waals surface area contributed by atoms with Crippen molar-refractivity contribution in [1.82, 2.24) is 5.43 Å². The molecule has 0 bridgehead atoms. The van der Waals surface area contributed by atoms with Crippen LogP contribution >= 0.6 is 23.2 Å². The largest absolute Gasteiger partial charge is 0.288 e. The molecule has 0 saturated carbocycles. The molecule has 118 valence electrons. The molecular formula is C15H11Cl2N3O3. The summed E-state index contributed by atoms with van der Waals surface area (Å²) in [7, 11) is 0. The van der Waals surface area contributed by atoms with Crippen LogP contribution in [-0.2, 0) is 0 Å². The summed E-state index contributed by atoms with van der Waals surface area (Å²) in [6, 6.07) is 9.21. The standard InChI is InChI=1S/C15H11Cl2N3O3/c1-9-2-4-11(13(17)6-9)15(21)19-18-8-10-3-5-12(16)14(7-10)20(22)23/h2-8H,1H3,(H,19,21)/b18-8+. The van der Waals surface area contributed by atoms with Gasteiger partial charge in [-0.1, -0.05) is 35.3 Å². The molecule has 0 saturated heterocycles. The van der Waals surface area contributed by atoms with Gasteiger partial charge in [0.1, 0.15) is 5.02 Å². The maximum atomic E-state index is 12.0. The smallest absolute Gasteiger partial charge is 0.267 e. The Hall–Kier alpha value is -2.44. The Morgan fingerprint density at radius 3 is 2.61 bits per heavy atom. The Balaban J connectivity index is 2.11. The second kappa shape index (κ2) is 7.21. The summed E-state index contributed by atoms with van der Waals surface area (Å²) in [6.45, 7) is 1.86. The first-order chi connectivity index (χ1) is 10.9. The zero-order valence-electron chi connectivity index (χ0n) is 11.9. The minimum atomic E-state index is -0.593. The Morgan fingerprint density at radius 1 is 1.22 bits per heavy atom. The number of halogens is 2. The third-order valence-electron chi connectivity index (χ3n) is 2.92. The van der Waals surface area contributed by atoms with Crippen LogP contribution in [0.25, 0.3) is 0 Å². The van der Waals surface area contributed by atoms with E-state index in [1.54, 1.807) is 24.3 Å². The van der Waals surface area contributed by atoms with Crippen LogP contribution in [0.2, 0.25) is 10.0 Å². The molecule has 0 heterocycles. The molecule has 0 spiro atoms. The Bertz CT molecular complexity index is 807. The normalized spacial score (nSPS) is 10.7. The van der Waals surface area contributed by atoms with Crippen LogP contribution in [0.4, 0.5) is 5.69 Å². The number of hydrogen-bond acceptors (Lipinski definition) is 4. The number of hydrazone groups is 1. The van der Waals surface area contributed by atoms with Crippen molar-refractivity contribution in [3.8, 4) is 0 Å². The highest BCUT2D eigenvalue weighted by atomic mass is 35.5. The van der Waals surface area contributed by atoms with Crippen LogP contribution in [0.15, 0.2) is 41.5 Å². The molecule has 8 heteroatoms. The zero-order chi connectivity index (χ0) is 17.0. The van der Waals surface area contributed by atoms with Gasteiger partial charge in [0.2, 0.25) is 0 Å². The summed E-state index contributed by atoms with van der Waals surface area (Å²) in [5.74, 6) is -0.477. The van der Waals surface area contributed by atoms with E-state index in [-0.39, 0.29) is 16.3 Å². The number of nitro benzene ring substituents is 1. The second-order valence-corrected chi connectivity index (χ2v) is 5.46. The Kier molecular flexibility index (Phi) is 5.31. The number of benzene rings is 2. The first-order valence-corrected chi connectivity index (χ1v) is 7.17. The molecule has 6 nitrogen and oxygen atoms in total. The number of nitrogens with zero attached hydrogens (tertiary/aromatic N) is 2. The molecule has 0 aromatic heterocycles. The highest BCUT2D eigenvalue weighted by Crippen LogP contribution is 2.24. The molecule has 0 aliphatic rings. The van der Waals surface area contributed by atoms with Crippen molar-refractivity contribution in [2.24, 2.45) is 5.10 Å². The average Bonchev–Trinajstić information content (AvgIpc) is 2.48. The van der Waals surface area contributed by atoms with Crippen LogP contribution in [0.3, 0.4) is 0 Å². The summed E-state index contributed by atoms with van der Waals surface area (Å²) in [5, 5.41) is 14.9. The molecule has 0 fully saturated rings. The lowest BCUT2D eigenvalue weighted by Crippen LogP contribution is -2.18. The van der Waals surface area contributed by atoms with Gasteiger partial charge < -0.3 is 0 Å². The fourth-order valence-electron chi connectivity index (χ4n) is 1.78. The van der Waals surface area contributed by atoms with Crippen molar-refractivity contribution in [2.75, 3.05) is 0 Å². The summed E-state index contributed by atoms with van der Waals surface area (Å²) < 4.78 is 0. The van der Waals surface area contributed by atoms with Crippen LogP contribution in [-0.4, -0.2) is 17.0 Å². The summed E-state index contributed by atoms with van der Waals surface area (Å²) in [4.78, 5) is 22.2. The molecule has 0 atom stereocenters. The third-order valence-corrected chi connectivity index (χ3v) is 3.55. The van der Waals surface area contributed by atoms with Crippen LogP contribution in [0, 0.1) is 17.0 Å². The first-order valence-electron chi connectivity index (χ1n) is 6.42. The van der Waals surface area contributed by atoms with Gasteiger partial charge in [0, 0.05) is 11.6 Å². The molecule has 0 aliphatic heterocycles. The van der Waals surface area contributed by atoms with E-state index in [0.717, 1.165) is 5.56 Å². The summed E-state index contributed by atoms with van der Waals surface area (Å²) in [6.07, 6.45) is 1.28. The van der Waals surface area contributed by atoms with E-state index in [1.165, 1.54) is 18.3 Å². The van der Waals surface area contributed by atoms with Crippen molar-refractivity contribution < 1.29 is 9.72 Å². The number of rotatable bonds is 4. The van der Waals surface area contributed by atoms with Crippen LogP contribution < -0.4 is 5.43 Å². The average molecular weight is 352 g/mol. The van der Waals surface area contributed by atoms with Gasteiger partial charge in [-0.15, -0.1) is 0 Å². The molecule has 1 amide bonds. The molecule has 2 aromatic carbocycles. The summed E-state index contributed by atoms with van der Waals surface area (Å²) in [5.41, 5.74) is 3.73. The van der Waals surface area contributed by atoms with E-state index in [1.807, 2.05) is 6.92 Å². The van der Waals surface area contributed by atoms with Gasteiger partial charge in [-0.05, 0) is 30.7 Å². The topological polar surface area (TPSA) is 84.6 Å². The van der Waals surface area contributed by atoms with Crippen LogP contribution in [0.5, 0.6) is 0 Å². The first kappa shape index (κ1) is 16.9. The number of carbonyl (C=O) groups excluding carboxylic acids is 1. The zero-order valence-corrected chi connectivity index (χ0v) is 13.4. The molecule has 2 aromatic rings. The number of hydrogen-bond donors (Lipinski definition) is 1. The molecule has 2 rings (SSSR count). The molecule has 23 heavy (non-hydrogen) atoms. The van der Waals surface area contributed by atoms with E-state index < -0.39 is 10.8 Å².